The van der Waals surface area contributed by atoms with Gasteiger partial charge in [-0.3, -0.25) is 4.98 Å². The monoisotopic (exact) mass is 295 g/mol. The summed E-state index contributed by atoms with van der Waals surface area (Å²) >= 11 is 0. The van der Waals surface area contributed by atoms with Gasteiger partial charge in [-0.05, 0) is 24.6 Å². The summed E-state index contributed by atoms with van der Waals surface area (Å²) in [6.45, 7) is 0. The van der Waals surface area contributed by atoms with Crippen LogP contribution in [0.5, 0.6) is 0 Å². The molecule has 20 heavy (non-hydrogen) atoms. The van der Waals surface area contributed by atoms with Crippen molar-refractivity contribution in [2.45, 2.75) is 12.5 Å². The minimum absolute atomic E-state index is 0.0190. The molecule has 1 aliphatic heterocycles. The van der Waals surface area contributed by atoms with E-state index in [9.17, 15) is 12.8 Å². The summed E-state index contributed by atoms with van der Waals surface area (Å²) in [7, 11) is -3.02. The maximum absolute atomic E-state index is 14.1. The number of nitrogen functional groups attached to an aromatic ring is 1. The van der Waals surface area contributed by atoms with Crippen LogP contribution in [-0.4, -0.2) is 30.9 Å². The Kier molecular flexibility index (Phi) is 3.01. The summed E-state index contributed by atoms with van der Waals surface area (Å²) < 4.78 is 37.0. The number of pyridine rings is 1. The van der Waals surface area contributed by atoms with E-state index in [-0.39, 0.29) is 23.2 Å². The molecule has 1 saturated heterocycles. The number of rotatable bonds is 2. The first-order valence-corrected chi connectivity index (χ1v) is 8.08. The number of anilines is 2. The lowest BCUT2D eigenvalue weighted by Gasteiger charge is -2.15. The van der Waals surface area contributed by atoms with Crippen molar-refractivity contribution in [1.82, 2.24) is 4.98 Å². The zero-order chi connectivity index (χ0) is 14.3. The van der Waals surface area contributed by atoms with Crippen LogP contribution in [0, 0.1) is 5.82 Å². The average Bonchev–Trinajstić information content (AvgIpc) is 2.74. The van der Waals surface area contributed by atoms with Crippen molar-refractivity contribution in [3.8, 4) is 0 Å². The molecule has 1 atom stereocenters. The van der Waals surface area contributed by atoms with Gasteiger partial charge in [0.2, 0.25) is 0 Å². The first kappa shape index (κ1) is 13.1. The number of nitrogens with two attached hydrogens (primary N) is 1. The second-order valence-corrected chi connectivity index (χ2v) is 7.20. The van der Waals surface area contributed by atoms with Gasteiger partial charge in [-0.2, -0.15) is 0 Å². The molecule has 1 unspecified atom stereocenters. The van der Waals surface area contributed by atoms with Crippen LogP contribution in [0.4, 0.5) is 15.8 Å². The maximum atomic E-state index is 14.1. The molecule has 1 aliphatic rings. The molecule has 3 N–H and O–H groups in total. The highest BCUT2D eigenvalue weighted by Gasteiger charge is 2.29. The number of halogens is 1. The molecule has 2 aromatic rings. The topological polar surface area (TPSA) is 85.1 Å². The molecular formula is C13H14FN3O2S. The Bertz CT molecular complexity index is 777. The number of fused-ring (bicyclic) bond motifs is 1. The fraction of sp³-hybridized carbons (Fsp3) is 0.308. The molecule has 0 amide bonds. The van der Waals surface area contributed by atoms with E-state index in [1.54, 1.807) is 18.3 Å². The first-order chi connectivity index (χ1) is 9.46. The number of aromatic nitrogens is 1. The van der Waals surface area contributed by atoms with Crippen LogP contribution in [0.1, 0.15) is 6.42 Å². The zero-order valence-electron chi connectivity index (χ0n) is 10.6. The van der Waals surface area contributed by atoms with Gasteiger partial charge in [0.1, 0.15) is 0 Å². The molecule has 3 rings (SSSR count). The van der Waals surface area contributed by atoms with E-state index in [0.717, 1.165) is 0 Å². The van der Waals surface area contributed by atoms with Gasteiger partial charge in [-0.25, -0.2) is 12.8 Å². The van der Waals surface area contributed by atoms with Gasteiger partial charge in [-0.1, -0.05) is 0 Å². The lowest BCUT2D eigenvalue weighted by molar-refractivity contribution is 0.601. The largest absolute Gasteiger partial charge is 0.398 e. The predicted octanol–water partition coefficient (Wildman–Crippen LogP) is 1.56. The van der Waals surface area contributed by atoms with Gasteiger partial charge in [-0.15, -0.1) is 0 Å². The van der Waals surface area contributed by atoms with E-state index in [0.29, 0.717) is 23.0 Å². The maximum Gasteiger partial charge on any atom is 0.152 e. The minimum atomic E-state index is -3.02. The van der Waals surface area contributed by atoms with E-state index in [1.165, 1.54) is 6.07 Å². The summed E-state index contributed by atoms with van der Waals surface area (Å²) in [5.74, 6) is -0.365. The van der Waals surface area contributed by atoms with Gasteiger partial charge >= 0.3 is 0 Å². The fourth-order valence-electron chi connectivity index (χ4n) is 2.49. The Morgan fingerprint density at radius 1 is 1.45 bits per heavy atom. The summed E-state index contributed by atoms with van der Waals surface area (Å²) in [6, 6.07) is 4.42. The van der Waals surface area contributed by atoms with Crippen molar-refractivity contribution >= 4 is 32.1 Å². The van der Waals surface area contributed by atoms with Gasteiger partial charge in [0.25, 0.3) is 0 Å². The second-order valence-electron chi connectivity index (χ2n) is 4.97. The first-order valence-electron chi connectivity index (χ1n) is 6.26. The second kappa shape index (κ2) is 4.59. The Hall–Kier alpha value is -1.89. The number of sulfone groups is 1. The van der Waals surface area contributed by atoms with Crippen molar-refractivity contribution in [3.63, 3.8) is 0 Å². The highest BCUT2D eigenvalue weighted by molar-refractivity contribution is 7.91. The zero-order valence-corrected chi connectivity index (χ0v) is 11.5. The average molecular weight is 295 g/mol. The quantitative estimate of drug-likeness (QED) is 0.821. The lowest BCUT2D eigenvalue weighted by atomic mass is 10.1. The SMILES string of the molecule is Nc1cc(F)c(NC2CCS(=O)(=O)C2)c2ncccc12. The molecule has 0 saturated carbocycles. The van der Waals surface area contributed by atoms with Gasteiger partial charge in [0.15, 0.2) is 15.7 Å². The standard InChI is InChI=1S/C13H14FN3O2S/c14-10-6-11(15)9-2-1-4-16-12(9)13(10)17-8-3-5-20(18,19)7-8/h1-2,4,6,8,17H,3,5,7,15H2. The molecular weight excluding hydrogens is 281 g/mol. The fourth-order valence-corrected chi connectivity index (χ4v) is 4.16. The number of nitrogens with one attached hydrogen (secondary N) is 1. The molecule has 2 heterocycles. The van der Waals surface area contributed by atoms with E-state index in [1.807, 2.05) is 0 Å². The van der Waals surface area contributed by atoms with Gasteiger partial charge in [0.05, 0.1) is 22.7 Å². The van der Waals surface area contributed by atoms with E-state index in [2.05, 4.69) is 10.3 Å². The Labute approximate surface area is 115 Å². The molecule has 106 valence electrons. The molecule has 0 radical (unpaired) electrons. The molecule has 1 aromatic carbocycles. The molecule has 0 spiro atoms. The molecule has 1 aromatic heterocycles. The summed E-state index contributed by atoms with van der Waals surface area (Å²) in [5, 5.41) is 3.61. The summed E-state index contributed by atoms with van der Waals surface area (Å²) in [4.78, 5) is 4.15. The molecule has 7 heteroatoms. The van der Waals surface area contributed by atoms with Crippen LogP contribution in [0.25, 0.3) is 10.9 Å². The number of nitrogens with zero attached hydrogens (tertiary/aromatic N) is 1. The van der Waals surface area contributed by atoms with E-state index in [4.69, 9.17) is 5.73 Å². The molecule has 0 aliphatic carbocycles. The van der Waals surface area contributed by atoms with Gasteiger partial charge < -0.3 is 11.1 Å². The normalized spacial score (nSPS) is 21.1. The number of hydrogen-bond donors (Lipinski definition) is 2. The number of hydrogen-bond acceptors (Lipinski definition) is 5. The van der Waals surface area contributed by atoms with Crippen molar-refractivity contribution in [3.05, 3.63) is 30.2 Å². The Morgan fingerprint density at radius 2 is 2.25 bits per heavy atom. The van der Waals surface area contributed by atoms with Crippen LogP contribution < -0.4 is 11.1 Å². The minimum Gasteiger partial charge on any atom is -0.398 e. The van der Waals surface area contributed by atoms with Crippen molar-refractivity contribution in [1.29, 1.82) is 0 Å². The van der Waals surface area contributed by atoms with Gasteiger partial charge in [0, 0.05) is 23.3 Å². The van der Waals surface area contributed by atoms with E-state index < -0.39 is 15.7 Å². The van der Waals surface area contributed by atoms with Crippen LogP contribution in [0.15, 0.2) is 24.4 Å². The van der Waals surface area contributed by atoms with Crippen LogP contribution in [-0.2, 0) is 9.84 Å². The third-order valence-corrected chi connectivity index (χ3v) is 5.23. The molecule has 0 bridgehead atoms. The van der Waals surface area contributed by atoms with E-state index >= 15 is 0 Å². The predicted molar refractivity (Wildman–Crippen MR) is 76.8 cm³/mol. The lowest BCUT2D eigenvalue weighted by Crippen LogP contribution is -2.21. The van der Waals surface area contributed by atoms with Crippen LogP contribution in [0.2, 0.25) is 0 Å². The highest BCUT2D eigenvalue weighted by Crippen LogP contribution is 2.31. The van der Waals surface area contributed by atoms with Crippen LogP contribution >= 0.6 is 0 Å². The smallest absolute Gasteiger partial charge is 0.152 e. The van der Waals surface area contributed by atoms with Crippen LogP contribution in [0.3, 0.4) is 0 Å². The van der Waals surface area contributed by atoms with Crippen molar-refractivity contribution in [2.24, 2.45) is 0 Å². The summed E-state index contributed by atoms with van der Waals surface area (Å²) in [5.41, 5.74) is 6.73. The number of benzene rings is 1. The molecule has 5 nitrogen and oxygen atoms in total. The van der Waals surface area contributed by atoms with Crippen molar-refractivity contribution in [2.75, 3.05) is 22.6 Å². The summed E-state index contributed by atoms with van der Waals surface area (Å²) in [6.07, 6.45) is 2.03. The Morgan fingerprint density at radius 3 is 2.95 bits per heavy atom. The Balaban J connectivity index is 2.03. The van der Waals surface area contributed by atoms with Crippen molar-refractivity contribution < 1.29 is 12.8 Å². The third kappa shape index (κ3) is 2.29. The third-order valence-electron chi connectivity index (χ3n) is 3.46. The molecule has 1 fully saturated rings. The highest BCUT2D eigenvalue weighted by atomic mass is 32.2.